The van der Waals surface area contributed by atoms with Crippen molar-refractivity contribution in [1.82, 2.24) is 9.55 Å². The number of carboxylic acids is 1. The Bertz CT molecular complexity index is 503. The summed E-state index contributed by atoms with van der Waals surface area (Å²) in [6.45, 7) is 1.92. The zero-order valence-electron chi connectivity index (χ0n) is 8.21. The molecule has 0 aliphatic carbocycles. The minimum atomic E-state index is -0.943. The minimum Gasteiger partial charge on any atom is -0.477 e. The molecule has 76 valence electrons. The van der Waals surface area contributed by atoms with Gasteiger partial charge in [0.15, 0.2) is 0 Å². The van der Waals surface area contributed by atoms with E-state index in [2.05, 4.69) is 4.98 Å². The first-order valence-corrected chi connectivity index (χ1v) is 4.51. The molecule has 0 saturated heterocycles. The van der Waals surface area contributed by atoms with Crippen LogP contribution in [0.5, 0.6) is 0 Å². The van der Waals surface area contributed by atoms with Crippen LogP contribution >= 0.6 is 0 Å². The van der Waals surface area contributed by atoms with E-state index >= 15 is 0 Å². The highest BCUT2D eigenvalue weighted by molar-refractivity contribution is 5.86. The number of hydrogen-bond donors (Lipinski definition) is 1. The van der Waals surface area contributed by atoms with Gasteiger partial charge >= 0.3 is 5.97 Å². The Balaban J connectivity index is 2.54. The van der Waals surface area contributed by atoms with E-state index in [-0.39, 0.29) is 5.69 Å². The normalized spacial score (nSPS) is 10.2. The van der Waals surface area contributed by atoms with Crippen LogP contribution in [0.2, 0.25) is 0 Å². The molecule has 0 spiro atoms. The standard InChI is InChI=1S/C11H10N2O2/c1-8-5-9(7-12-6-8)13-4-2-3-10(13)11(14)15/h2-7H,1H3,(H,14,15). The van der Waals surface area contributed by atoms with Gasteiger partial charge in [0.2, 0.25) is 0 Å². The lowest BCUT2D eigenvalue weighted by Crippen LogP contribution is -2.05. The second kappa shape index (κ2) is 3.57. The van der Waals surface area contributed by atoms with Crippen LogP contribution in [-0.2, 0) is 0 Å². The largest absolute Gasteiger partial charge is 0.477 e. The number of hydrogen-bond acceptors (Lipinski definition) is 2. The molecule has 1 N–H and O–H groups in total. The van der Waals surface area contributed by atoms with Gasteiger partial charge in [0.25, 0.3) is 0 Å². The highest BCUT2D eigenvalue weighted by atomic mass is 16.4. The fraction of sp³-hybridized carbons (Fsp3) is 0.0909. The van der Waals surface area contributed by atoms with Crippen molar-refractivity contribution in [1.29, 1.82) is 0 Å². The summed E-state index contributed by atoms with van der Waals surface area (Å²) in [5.41, 5.74) is 2.00. The van der Waals surface area contributed by atoms with Crippen LogP contribution in [0.15, 0.2) is 36.8 Å². The van der Waals surface area contributed by atoms with Gasteiger partial charge in [-0.15, -0.1) is 0 Å². The Kier molecular flexibility index (Phi) is 2.25. The molecule has 2 rings (SSSR count). The van der Waals surface area contributed by atoms with E-state index in [4.69, 9.17) is 5.11 Å². The third-order valence-corrected chi connectivity index (χ3v) is 2.11. The zero-order valence-corrected chi connectivity index (χ0v) is 8.21. The molecule has 0 atom stereocenters. The van der Waals surface area contributed by atoms with Crippen LogP contribution in [0.3, 0.4) is 0 Å². The van der Waals surface area contributed by atoms with Gasteiger partial charge in [-0.1, -0.05) is 0 Å². The van der Waals surface area contributed by atoms with Gasteiger partial charge in [-0.25, -0.2) is 4.79 Å². The lowest BCUT2D eigenvalue weighted by molar-refractivity contribution is 0.0688. The van der Waals surface area contributed by atoms with Crippen LogP contribution in [0.1, 0.15) is 16.1 Å². The van der Waals surface area contributed by atoms with E-state index in [1.165, 1.54) is 0 Å². The van der Waals surface area contributed by atoms with Gasteiger partial charge in [-0.2, -0.15) is 0 Å². The highest BCUT2D eigenvalue weighted by Gasteiger charge is 2.09. The van der Waals surface area contributed by atoms with Crippen molar-refractivity contribution < 1.29 is 9.90 Å². The number of aromatic carboxylic acids is 1. The minimum absolute atomic E-state index is 0.238. The van der Waals surface area contributed by atoms with Crippen molar-refractivity contribution in [2.75, 3.05) is 0 Å². The summed E-state index contributed by atoms with van der Waals surface area (Å²) in [5.74, 6) is -0.943. The van der Waals surface area contributed by atoms with Crippen LogP contribution in [0, 0.1) is 6.92 Å². The molecular formula is C11H10N2O2. The molecular weight excluding hydrogens is 192 g/mol. The van der Waals surface area contributed by atoms with Crippen molar-refractivity contribution in [3.05, 3.63) is 48.0 Å². The van der Waals surface area contributed by atoms with E-state index in [1.807, 2.05) is 13.0 Å². The number of aryl methyl sites for hydroxylation is 1. The predicted molar refractivity (Wildman–Crippen MR) is 55.3 cm³/mol. The Morgan fingerprint density at radius 3 is 2.93 bits per heavy atom. The maximum Gasteiger partial charge on any atom is 0.352 e. The second-order valence-electron chi connectivity index (χ2n) is 3.29. The van der Waals surface area contributed by atoms with E-state index in [1.54, 1.807) is 35.3 Å². The molecule has 2 aromatic rings. The number of aromatic nitrogens is 2. The third-order valence-electron chi connectivity index (χ3n) is 2.11. The molecule has 15 heavy (non-hydrogen) atoms. The van der Waals surface area contributed by atoms with Crippen LogP contribution < -0.4 is 0 Å². The molecule has 0 unspecified atom stereocenters. The summed E-state index contributed by atoms with van der Waals surface area (Å²) >= 11 is 0. The average molecular weight is 202 g/mol. The van der Waals surface area contributed by atoms with Gasteiger partial charge in [0.05, 0.1) is 11.9 Å². The summed E-state index contributed by atoms with van der Waals surface area (Å²) in [6.07, 6.45) is 5.08. The fourth-order valence-electron chi connectivity index (χ4n) is 1.45. The first kappa shape index (κ1) is 9.45. The number of rotatable bonds is 2. The number of carboxylic acid groups (broad SMARTS) is 1. The van der Waals surface area contributed by atoms with Crippen LogP contribution in [0.25, 0.3) is 5.69 Å². The summed E-state index contributed by atoms with van der Waals surface area (Å²) in [5, 5.41) is 8.94. The van der Waals surface area contributed by atoms with Gasteiger partial charge in [-0.3, -0.25) is 4.98 Å². The maximum atomic E-state index is 10.9. The zero-order chi connectivity index (χ0) is 10.8. The molecule has 0 aliphatic heterocycles. The summed E-state index contributed by atoms with van der Waals surface area (Å²) < 4.78 is 1.60. The molecule has 0 aliphatic rings. The molecule has 0 saturated carbocycles. The number of pyridine rings is 1. The number of carbonyl (C=O) groups is 1. The average Bonchev–Trinajstić information content (AvgIpc) is 2.65. The van der Waals surface area contributed by atoms with Crippen molar-refractivity contribution >= 4 is 5.97 Å². The lowest BCUT2D eigenvalue weighted by Gasteiger charge is -2.05. The van der Waals surface area contributed by atoms with Gasteiger partial charge in [-0.05, 0) is 30.7 Å². The van der Waals surface area contributed by atoms with E-state index in [9.17, 15) is 4.79 Å². The summed E-state index contributed by atoms with van der Waals surface area (Å²) in [7, 11) is 0. The first-order valence-electron chi connectivity index (χ1n) is 4.51. The van der Waals surface area contributed by atoms with Gasteiger partial charge in [0, 0.05) is 12.4 Å². The monoisotopic (exact) mass is 202 g/mol. The third kappa shape index (κ3) is 1.74. The Morgan fingerprint density at radius 2 is 2.27 bits per heavy atom. The van der Waals surface area contributed by atoms with E-state index in [0.717, 1.165) is 11.3 Å². The molecule has 0 bridgehead atoms. The summed E-state index contributed by atoms with van der Waals surface area (Å²) in [4.78, 5) is 14.9. The van der Waals surface area contributed by atoms with Gasteiger partial charge in [0.1, 0.15) is 5.69 Å². The summed E-state index contributed by atoms with van der Waals surface area (Å²) in [6, 6.07) is 5.15. The first-order chi connectivity index (χ1) is 7.18. The molecule has 0 radical (unpaired) electrons. The Morgan fingerprint density at radius 1 is 1.47 bits per heavy atom. The molecule has 4 nitrogen and oxygen atoms in total. The number of nitrogens with zero attached hydrogens (tertiary/aromatic N) is 2. The van der Waals surface area contributed by atoms with E-state index < -0.39 is 5.97 Å². The van der Waals surface area contributed by atoms with Crippen molar-refractivity contribution in [2.45, 2.75) is 6.92 Å². The topological polar surface area (TPSA) is 55.1 Å². The maximum absolute atomic E-state index is 10.9. The lowest BCUT2D eigenvalue weighted by atomic mass is 10.3. The second-order valence-corrected chi connectivity index (χ2v) is 3.29. The predicted octanol–water partition coefficient (Wildman–Crippen LogP) is 1.88. The van der Waals surface area contributed by atoms with Crippen LogP contribution in [-0.4, -0.2) is 20.6 Å². The quantitative estimate of drug-likeness (QED) is 0.808. The SMILES string of the molecule is Cc1cncc(-n2cccc2C(=O)O)c1. The van der Waals surface area contributed by atoms with E-state index in [0.29, 0.717) is 0 Å². The van der Waals surface area contributed by atoms with Crippen LogP contribution in [0.4, 0.5) is 0 Å². The van der Waals surface area contributed by atoms with Crippen molar-refractivity contribution in [3.63, 3.8) is 0 Å². The Labute approximate surface area is 86.8 Å². The molecule has 4 heteroatoms. The van der Waals surface area contributed by atoms with Crippen molar-refractivity contribution in [2.24, 2.45) is 0 Å². The molecule has 2 aromatic heterocycles. The fourth-order valence-corrected chi connectivity index (χ4v) is 1.45. The highest BCUT2D eigenvalue weighted by Crippen LogP contribution is 2.12. The molecule has 2 heterocycles. The van der Waals surface area contributed by atoms with Crippen molar-refractivity contribution in [3.8, 4) is 5.69 Å². The Hall–Kier alpha value is -2.10. The smallest absolute Gasteiger partial charge is 0.352 e. The van der Waals surface area contributed by atoms with Gasteiger partial charge < -0.3 is 9.67 Å². The molecule has 0 amide bonds. The molecule has 0 fully saturated rings. The molecule has 0 aromatic carbocycles.